The number of halogens is 2. The average molecular weight is 305 g/mol. The van der Waals surface area contributed by atoms with Gasteiger partial charge in [-0.15, -0.1) is 0 Å². The molecule has 0 N–H and O–H groups in total. The first-order valence-electron chi connectivity index (χ1n) is 6.23. The fraction of sp³-hybridized carbons (Fsp3) is 0.0667. The second-order valence-corrected chi connectivity index (χ2v) is 5.03. The molecule has 0 amide bonds. The predicted octanol–water partition coefficient (Wildman–Crippen LogP) is 4.39. The number of rotatable bonds is 3. The fourth-order valence-corrected chi connectivity index (χ4v) is 2.55. The summed E-state index contributed by atoms with van der Waals surface area (Å²) in [7, 11) is 0. The summed E-state index contributed by atoms with van der Waals surface area (Å²) >= 11 is 5.77. The van der Waals surface area contributed by atoms with E-state index in [1.807, 2.05) is 0 Å². The maximum absolute atomic E-state index is 13.9. The van der Waals surface area contributed by atoms with E-state index in [9.17, 15) is 14.5 Å². The summed E-state index contributed by atoms with van der Waals surface area (Å²) in [5.74, 6) is -0.466. The molecule has 0 unspecified atom stereocenters. The van der Waals surface area contributed by atoms with Crippen LogP contribution in [0.3, 0.4) is 0 Å². The van der Waals surface area contributed by atoms with Crippen LogP contribution in [-0.2, 0) is 6.54 Å². The molecule has 4 nitrogen and oxygen atoms in total. The molecule has 21 heavy (non-hydrogen) atoms. The SMILES string of the molecule is O=[N+]([O-])c1cccc2c1ccn2Cc1cccc(Cl)c1F. The summed E-state index contributed by atoms with van der Waals surface area (Å²) in [5.41, 5.74) is 1.16. The Labute approximate surface area is 124 Å². The molecule has 0 aliphatic heterocycles. The van der Waals surface area contributed by atoms with E-state index < -0.39 is 10.7 Å². The monoisotopic (exact) mass is 304 g/mol. The normalized spacial score (nSPS) is 11.0. The summed E-state index contributed by atoms with van der Waals surface area (Å²) in [6.07, 6.45) is 1.71. The van der Waals surface area contributed by atoms with Gasteiger partial charge in [0.15, 0.2) is 0 Å². The van der Waals surface area contributed by atoms with Crippen LogP contribution in [0.5, 0.6) is 0 Å². The Hall–Kier alpha value is -2.40. The molecule has 0 fully saturated rings. The van der Waals surface area contributed by atoms with Crippen LogP contribution < -0.4 is 0 Å². The van der Waals surface area contributed by atoms with Crippen LogP contribution >= 0.6 is 11.6 Å². The van der Waals surface area contributed by atoms with Gasteiger partial charge in [0, 0.05) is 17.8 Å². The molecule has 0 atom stereocenters. The second kappa shape index (κ2) is 5.18. The maximum atomic E-state index is 13.9. The Kier molecular flexibility index (Phi) is 3.35. The second-order valence-electron chi connectivity index (χ2n) is 4.62. The van der Waals surface area contributed by atoms with Gasteiger partial charge >= 0.3 is 0 Å². The predicted molar refractivity (Wildman–Crippen MR) is 79.1 cm³/mol. The van der Waals surface area contributed by atoms with E-state index in [1.165, 1.54) is 12.1 Å². The van der Waals surface area contributed by atoms with Gasteiger partial charge in [-0.05, 0) is 18.2 Å². The van der Waals surface area contributed by atoms with Crippen LogP contribution in [0, 0.1) is 15.9 Å². The van der Waals surface area contributed by atoms with E-state index in [1.54, 1.807) is 41.1 Å². The van der Waals surface area contributed by atoms with Gasteiger partial charge in [0.05, 0.1) is 27.4 Å². The number of fused-ring (bicyclic) bond motifs is 1. The van der Waals surface area contributed by atoms with Gasteiger partial charge in [-0.1, -0.05) is 29.8 Å². The van der Waals surface area contributed by atoms with E-state index >= 15 is 0 Å². The molecule has 0 radical (unpaired) electrons. The van der Waals surface area contributed by atoms with Crippen molar-refractivity contribution in [2.45, 2.75) is 6.54 Å². The summed E-state index contributed by atoms with van der Waals surface area (Å²) < 4.78 is 15.7. The highest BCUT2D eigenvalue weighted by Crippen LogP contribution is 2.27. The lowest BCUT2D eigenvalue weighted by atomic mass is 10.2. The molecule has 3 aromatic rings. The molecule has 0 aliphatic rings. The molecular weight excluding hydrogens is 295 g/mol. The lowest BCUT2D eigenvalue weighted by Crippen LogP contribution is -2.01. The quantitative estimate of drug-likeness (QED) is 0.532. The van der Waals surface area contributed by atoms with Gasteiger partial charge in [-0.3, -0.25) is 10.1 Å². The molecule has 3 rings (SSSR count). The van der Waals surface area contributed by atoms with E-state index in [2.05, 4.69) is 0 Å². The number of aromatic nitrogens is 1. The summed E-state index contributed by atoms with van der Waals surface area (Å²) in [6.45, 7) is 0.261. The highest BCUT2D eigenvalue weighted by Gasteiger charge is 2.14. The summed E-state index contributed by atoms with van der Waals surface area (Å²) in [6, 6.07) is 11.3. The molecule has 106 valence electrons. The van der Waals surface area contributed by atoms with Crippen LogP contribution in [0.15, 0.2) is 48.7 Å². The molecule has 0 saturated carbocycles. The topological polar surface area (TPSA) is 48.1 Å². The zero-order valence-electron chi connectivity index (χ0n) is 10.8. The van der Waals surface area contributed by atoms with E-state index in [0.717, 1.165) is 0 Å². The van der Waals surface area contributed by atoms with Crippen molar-refractivity contribution >= 4 is 28.2 Å². The zero-order chi connectivity index (χ0) is 15.0. The van der Waals surface area contributed by atoms with Crippen molar-refractivity contribution in [2.75, 3.05) is 0 Å². The summed E-state index contributed by atoms with van der Waals surface area (Å²) in [5, 5.41) is 11.6. The van der Waals surface area contributed by atoms with Crippen LogP contribution in [0.25, 0.3) is 10.9 Å². The van der Waals surface area contributed by atoms with Crippen LogP contribution in [0.2, 0.25) is 5.02 Å². The minimum absolute atomic E-state index is 0.0396. The van der Waals surface area contributed by atoms with Crippen molar-refractivity contribution in [1.29, 1.82) is 0 Å². The van der Waals surface area contributed by atoms with Crippen LogP contribution in [0.4, 0.5) is 10.1 Å². The number of nitro groups is 1. The standard InChI is InChI=1S/C15H10ClFN2O2/c16-12-4-1-3-10(15(12)17)9-18-8-7-11-13(18)5-2-6-14(11)19(20)21/h1-8H,9H2. The van der Waals surface area contributed by atoms with Crippen molar-refractivity contribution in [3.63, 3.8) is 0 Å². The van der Waals surface area contributed by atoms with Gasteiger partial charge in [-0.25, -0.2) is 4.39 Å². The number of nitrogens with zero attached hydrogens (tertiary/aromatic N) is 2. The first-order valence-corrected chi connectivity index (χ1v) is 6.61. The highest BCUT2D eigenvalue weighted by atomic mass is 35.5. The summed E-state index contributed by atoms with van der Waals surface area (Å²) in [4.78, 5) is 10.6. The van der Waals surface area contributed by atoms with Crippen molar-refractivity contribution in [1.82, 2.24) is 4.57 Å². The van der Waals surface area contributed by atoms with Crippen LogP contribution in [-0.4, -0.2) is 9.49 Å². The Morgan fingerprint density at radius 3 is 2.71 bits per heavy atom. The van der Waals surface area contributed by atoms with Crippen molar-refractivity contribution < 1.29 is 9.31 Å². The third-order valence-electron chi connectivity index (χ3n) is 3.36. The first kappa shape index (κ1) is 13.6. The van der Waals surface area contributed by atoms with Gasteiger partial charge in [0.25, 0.3) is 5.69 Å². The van der Waals surface area contributed by atoms with E-state index in [-0.39, 0.29) is 17.3 Å². The van der Waals surface area contributed by atoms with E-state index in [4.69, 9.17) is 11.6 Å². The Balaban J connectivity index is 2.08. The zero-order valence-corrected chi connectivity index (χ0v) is 11.5. The largest absolute Gasteiger partial charge is 0.343 e. The van der Waals surface area contributed by atoms with Crippen molar-refractivity contribution in [3.05, 3.63) is 75.2 Å². The molecule has 0 bridgehead atoms. The minimum Gasteiger partial charge on any atom is -0.343 e. The smallest absolute Gasteiger partial charge is 0.278 e. The number of benzene rings is 2. The average Bonchev–Trinajstić information content (AvgIpc) is 2.87. The molecule has 0 spiro atoms. The van der Waals surface area contributed by atoms with E-state index in [0.29, 0.717) is 16.5 Å². The third kappa shape index (κ3) is 2.36. The first-order chi connectivity index (χ1) is 10.1. The van der Waals surface area contributed by atoms with Crippen LogP contribution in [0.1, 0.15) is 5.56 Å². The molecule has 6 heteroatoms. The Morgan fingerprint density at radius 1 is 1.19 bits per heavy atom. The van der Waals surface area contributed by atoms with Gasteiger partial charge in [0.1, 0.15) is 5.82 Å². The molecule has 2 aromatic carbocycles. The lowest BCUT2D eigenvalue weighted by Gasteiger charge is -2.07. The third-order valence-corrected chi connectivity index (χ3v) is 3.65. The molecule has 1 aromatic heterocycles. The Bertz CT molecular complexity index is 845. The van der Waals surface area contributed by atoms with Gasteiger partial charge in [-0.2, -0.15) is 0 Å². The fourth-order valence-electron chi connectivity index (χ4n) is 2.36. The molecular formula is C15H10ClFN2O2. The number of non-ortho nitro benzene ring substituents is 1. The van der Waals surface area contributed by atoms with Crippen molar-refractivity contribution in [3.8, 4) is 0 Å². The molecule has 0 aliphatic carbocycles. The number of hydrogen-bond acceptors (Lipinski definition) is 2. The minimum atomic E-state index is -0.466. The number of hydrogen-bond donors (Lipinski definition) is 0. The molecule has 1 heterocycles. The molecule has 0 saturated heterocycles. The lowest BCUT2D eigenvalue weighted by molar-refractivity contribution is -0.383. The van der Waals surface area contributed by atoms with Crippen molar-refractivity contribution in [2.24, 2.45) is 0 Å². The number of nitro benzene ring substituents is 1. The maximum Gasteiger partial charge on any atom is 0.278 e. The van der Waals surface area contributed by atoms with Gasteiger partial charge < -0.3 is 4.57 Å². The van der Waals surface area contributed by atoms with Gasteiger partial charge in [0.2, 0.25) is 0 Å². The highest BCUT2D eigenvalue weighted by molar-refractivity contribution is 6.30. The Morgan fingerprint density at radius 2 is 1.95 bits per heavy atom.